The number of nitrogens with one attached hydrogen (secondary N) is 3. The summed E-state index contributed by atoms with van der Waals surface area (Å²) < 4.78 is 2.83. The minimum absolute atomic E-state index is 0.856. The maximum Gasteiger partial charge on any atom is 0.274 e. The molecule has 2 aromatic heterocycles. The molecule has 0 bridgehead atoms. The van der Waals surface area contributed by atoms with Gasteiger partial charge in [0.2, 0.25) is 5.13 Å². The SMILES string of the molecule is CCCNc1nn(C[NH+]2CCN(c3cccc[nH+]3)CC2)c(=S)s1. The van der Waals surface area contributed by atoms with Crippen LogP contribution in [0.1, 0.15) is 13.3 Å². The third-order valence-corrected chi connectivity index (χ3v) is 5.28. The van der Waals surface area contributed by atoms with E-state index < -0.39 is 0 Å². The lowest BCUT2D eigenvalue weighted by Crippen LogP contribution is -3.14. The molecule has 3 N–H and O–H groups in total. The average Bonchev–Trinajstić information content (AvgIpc) is 2.94. The van der Waals surface area contributed by atoms with Crippen molar-refractivity contribution >= 4 is 34.5 Å². The predicted octanol–water partition coefficient (Wildman–Crippen LogP) is 0.673. The van der Waals surface area contributed by atoms with Crippen LogP contribution in [-0.2, 0) is 6.67 Å². The molecule has 0 unspecified atom stereocenters. The van der Waals surface area contributed by atoms with Gasteiger partial charge in [0, 0.05) is 12.6 Å². The highest BCUT2D eigenvalue weighted by Crippen LogP contribution is 2.13. The number of nitrogens with zero attached hydrogens (tertiary/aromatic N) is 3. The molecule has 0 aliphatic carbocycles. The summed E-state index contributed by atoms with van der Waals surface area (Å²) >= 11 is 7.01. The predicted molar refractivity (Wildman–Crippen MR) is 95.6 cm³/mol. The van der Waals surface area contributed by atoms with Crippen molar-refractivity contribution in [3.8, 4) is 0 Å². The molecule has 2 aromatic rings. The Morgan fingerprint density at radius 3 is 2.91 bits per heavy atom. The Labute approximate surface area is 145 Å². The number of pyridine rings is 1. The normalized spacial score (nSPS) is 15.8. The number of hydrogen-bond acceptors (Lipinski definition) is 5. The van der Waals surface area contributed by atoms with Crippen LogP contribution in [-0.4, -0.2) is 42.5 Å². The van der Waals surface area contributed by atoms with E-state index >= 15 is 0 Å². The van der Waals surface area contributed by atoms with E-state index in [9.17, 15) is 0 Å². The zero-order valence-corrected chi connectivity index (χ0v) is 15.1. The van der Waals surface area contributed by atoms with E-state index in [0.717, 1.165) is 54.9 Å². The minimum atomic E-state index is 0.856. The van der Waals surface area contributed by atoms with E-state index in [-0.39, 0.29) is 0 Å². The summed E-state index contributed by atoms with van der Waals surface area (Å²) in [6, 6.07) is 6.22. The molecule has 0 saturated carbocycles. The van der Waals surface area contributed by atoms with Gasteiger partial charge in [0.25, 0.3) is 5.82 Å². The standard InChI is InChI=1S/C15H22N6S2/c1-2-6-17-14-18-21(15(22)23-14)12-19-8-10-20(11-9-19)13-5-3-4-7-16-13/h3-5,7H,2,6,8-12H2,1H3,(H,17,18)/p+2. The zero-order chi connectivity index (χ0) is 16.1. The lowest BCUT2D eigenvalue weighted by Gasteiger charge is -2.27. The highest BCUT2D eigenvalue weighted by Gasteiger charge is 2.26. The molecular weight excluding hydrogens is 328 g/mol. The van der Waals surface area contributed by atoms with Gasteiger partial charge in [-0.05, 0) is 24.7 Å². The van der Waals surface area contributed by atoms with Crippen LogP contribution in [0.2, 0.25) is 0 Å². The molecule has 0 radical (unpaired) electrons. The number of H-pyrrole nitrogens is 1. The van der Waals surface area contributed by atoms with Gasteiger partial charge in [0.1, 0.15) is 26.2 Å². The summed E-state index contributed by atoms with van der Waals surface area (Å²) in [5.41, 5.74) is 0. The van der Waals surface area contributed by atoms with Crippen molar-refractivity contribution in [2.24, 2.45) is 0 Å². The number of aromatic nitrogens is 3. The third kappa shape index (κ3) is 4.27. The van der Waals surface area contributed by atoms with Gasteiger partial charge in [-0.3, -0.25) is 4.90 Å². The highest BCUT2D eigenvalue weighted by molar-refractivity contribution is 7.73. The van der Waals surface area contributed by atoms with Crippen molar-refractivity contribution in [2.45, 2.75) is 20.0 Å². The van der Waals surface area contributed by atoms with E-state index in [1.165, 1.54) is 10.7 Å². The number of quaternary nitrogens is 1. The van der Waals surface area contributed by atoms with Crippen LogP contribution < -0.4 is 20.1 Å². The Morgan fingerprint density at radius 2 is 2.22 bits per heavy atom. The van der Waals surface area contributed by atoms with Crippen molar-refractivity contribution in [2.75, 3.05) is 42.9 Å². The summed E-state index contributed by atoms with van der Waals surface area (Å²) in [4.78, 5) is 7.24. The van der Waals surface area contributed by atoms with Gasteiger partial charge in [-0.25, -0.2) is 4.98 Å². The van der Waals surface area contributed by atoms with Crippen LogP contribution in [0.4, 0.5) is 10.9 Å². The summed E-state index contributed by atoms with van der Waals surface area (Å²) in [6.45, 7) is 8.25. The lowest BCUT2D eigenvalue weighted by molar-refractivity contribution is -0.924. The fourth-order valence-electron chi connectivity index (χ4n) is 2.72. The molecule has 8 heteroatoms. The van der Waals surface area contributed by atoms with Crippen LogP contribution in [0.3, 0.4) is 0 Å². The van der Waals surface area contributed by atoms with E-state index in [4.69, 9.17) is 12.2 Å². The molecule has 3 rings (SSSR count). The maximum atomic E-state index is 5.44. The molecule has 1 aliphatic rings. The number of anilines is 2. The smallest absolute Gasteiger partial charge is 0.274 e. The second-order valence-corrected chi connectivity index (χ2v) is 7.37. The number of piperazine rings is 1. The molecule has 6 nitrogen and oxygen atoms in total. The summed E-state index contributed by atoms with van der Waals surface area (Å²) in [7, 11) is 0. The summed E-state index contributed by atoms with van der Waals surface area (Å²) in [5, 5.41) is 8.86. The van der Waals surface area contributed by atoms with E-state index in [1.54, 1.807) is 11.3 Å². The Morgan fingerprint density at radius 1 is 1.39 bits per heavy atom. The first-order valence-electron chi connectivity index (χ1n) is 8.13. The second-order valence-electron chi connectivity index (χ2n) is 5.74. The van der Waals surface area contributed by atoms with Gasteiger partial charge in [0.05, 0.1) is 6.20 Å². The molecule has 3 heterocycles. The zero-order valence-electron chi connectivity index (χ0n) is 13.4. The first kappa shape index (κ1) is 16.4. The van der Waals surface area contributed by atoms with Crippen LogP contribution in [0, 0.1) is 3.95 Å². The minimum Gasteiger partial charge on any atom is -0.360 e. The maximum absolute atomic E-state index is 5.44. The highest BCUT2D eigenvalue weighted by atomic mass is 32.1. The van der Waals surface area contributed by atoms with Gasteiger partial charge in [-0.1, -0.05) is 24.3 Å². The van der Waals surface area contributed by atoms with Crippen LogP contribution in [0.5, 0.6) is 0 Å². The molecule has 0 aromatic carbocycles. The van der Waals surface area contributed by atoms with Crippen molar-refractivity contribution in [1.82, 2.24) is 9.78 Å². The van der Waals surface area contributed by atoms with Gasteiger partial charge >= 0.3 is 0 Å². The van der Waals surface area contributed by atoms with E-state index in [2.05, 4.69) is 39.4 Å². The van der Waals surface area contributed by atoms with Crippen molar-refractivity contribution in [1.29, 1.82) is 0 Å². The van der Waals surface area contributed by atoms with Crippen LogP contribution in [0.15, 0.2) is 24.4 Å². The monoisotopic (exact) mass is 352 g/mol. The fraction of sp³-hybridized carbons (Fsp3) is 0.533. The van der Waals surface area contributed by atoms with Crippen LogP contribution >= 0.6 is 23.6 Å². The van der Waals surface area contributed by atoms with Gasteiger partial charge < -0.3 is 10.2 Å². The van der Waals surface area contributed by atoms with Crippen molar-refractivity contribution in [3.63, 3.8) is 0 Å². The number of hydrogen-bond donors (Lipinski definition) is 2. The lowest BCUT2D eigenvalue weighted by atomic mass is 10.3. The Hall–Kier alpha value is -1.51. The molecule has 23 heavy (non-hydrogen) atoms. The topological polar surface area (TPSA) is 51.7 Å². The fourth-order valence-corrected chi connectivity index (χ4v) is 3.76. The van der Waals surface area contributed by atoms with Gasteiger partial charge in [-0.15, -0.1) is 5.10 Å². The second kappa shape index (κ2) is 7.85. The van der Waals surface area contributed by atoms with Gasteiger partial charge in [-0.2, -0.15) is 4.68 Å². The molecule has 0 amide bonds. The Bertz CT molecular complexity index is 660. The van der Waals surface area contributed by atoms with Gasteiger partial charge in [0.15, 0.2) is 10.6 Å². The molecule has 1 aliphatic heterocycles. The molecule has 124 valence electrons. The quantitative estimate of drug-likeness (QED) is 0.751. The molecule has 1 fully saturated rings. The molecule has 1 saturated heterocycles. The van der Waals surface area contributed by atoms with E-state index in [0.29, 0.717) is 0 Å². The summed E-state index contributed by atoms with van der Waals surface area (Å²) in [6.07, 6.45) is 3.07. The Balaban J connectivity index is 1.55. The summed E-state index contributed by atoms with van der Waals surface area (Å²) in [5.74, 6) is 1.20. The third-order valence-electron chi connectivity index (χ3n) is 4.01. The number of rotatable bonds is 6. The molecular formula is C15H24N6S2+2. The first-order chi connectivity index (χ1) is 11.3. The molecule has 0 atom stereocenters. The Kier molecular flexibility index (Phi) is 5.58. The van der Waals surface area contributed by atoms with Crippen molar-refractivity contribution in [3.05, 3.63) is 28.4 Å². The largest absolute Gasteiger partial charge is 0.360 e. The first-order valence-corrected chi connectivity index (χ1v) is 9.36. The number of aromatic amines is 1. The van der Waals surface area contributed by atoms with Crippen molar-refractivity contribution < 1.29 is 9.88 Å². The molecule has 0 spiro atoms. The van der Waals surface area contributed by atoms with E-state index in [1.807, 2.05) is 16.9 Å². The van der Waals surface area contributed by atoms with Crippen LogP contribution in [0.25, 0.3) is 0 Å². The average molecular weight is 353 g/mol.